The van der Waals surface area contributed by atoms with Crippen LogP contribution in [0.25, 0.3) is 0 Å². The molecule has 0 aromatic heterocycles. The predicted molar refractivity (Wildman–Crippen MR) is 89.3 cm³/mol. The van der Waals surface area contributed by atoms with Crippen molar-refractivity contribution in [1.29, 1.82) is 0 Å². The lowest BCUT2D eigenvalue weighted by atomic mass is 9.88. The number of piperidine rings is 1. The van der Waals surface area contributed by atoms with Crippen molar-refractivity contribution in [3.05, 3.63) is 30.3 Å². The van der Waals surface area contributed by atoms with E-state index >= 15 is 0 Å². The number of anilines is 1. The van der Waals surface area contributed by atoms with E-state index in [0.717, 1.165) is 0 Å². The Labute approximate surface area is 142 Å². The molecule has 6 nitrogen and oxygen atoms in total. The fraction of sp³-hybridized carbons (Fsp3) is 0.556. The van der Waals surface area contributed by atoms with Crippen LogP contribution in [-0.2, 0) is 19.1 Å². The standard InChI is InChI=1S/C18H24N2O4/c1-17(2,15(21)19-14-6-4-3-5-7-14)16(22)20-10-8-18(9-11-20)23-12-13-24-18/h3-7H,8-13H2,1-2H3,(H,19,21). The number of ether oxygens (including phenoxy) is 2. The molecule has 6 heteroatoms. The van der Waals surface area contributed by atoms with Gasteiger partial charge in [0.15, 0.2) is 5.79 Å². The van der Waals surface area contributed by atoms with Crippen molar-refractivity contribution in [3.8, 4) is 0 Å². The van der Waals surface area contributed by atoms with Gasteiger partial charge in [0, 0.05) is 31.6 Å². The van der Waals surface area contributed by atoms with Crippen molar-refractivity contribution in [2.45, 2.75) is 32.5 Å². The average molecular weight is 332 g/mol. The van der Waals surface area contributed by atoms with E-state index in [1.807, 2.05) is 18.2 Å². The van der Waals surface area contributed by atoms with Crippen LogP contribution in [-0.4, -0.2) is 48.8 Å². The van der Waals surface area contributed by atoms with Gasteiger partial charge in [-0.25, -0.2) is 0 Å². The van der Waals surface area contributed by atoms with Crippen LogP contribution < -0.4 is 5.32 Å². The quantitative estimate of drug-likeness (QED) is 0.860. The van der Waals surface area contributed by atoms with Gasteiger partial charge in [0.2, 0.25) is 11.8 Å². The van der Waals surface area contributed by atoms with Crippen LogP contribution in [0.15, 0.2) is 30.3 Å². The Kier molecular flexibility index (Phi) is 4.60. The SMILES string of the molecule is CC(C)(C(=O)Nc1ccccc1)C(=O)N1CCC2(CC1)OCCO2. The van der Waals surface area contributed by atoms with Crippen molar-refractivity contribution in [2.75, 3.05) is 31.6 Å². The monoisotopic (exact) mass is 332 g/mol. The fourth-order valence-electron chi connectivity index (χ4n) is 3.14. The molecule has 2 fully saturated rings. The lowest BCUT2D eigenvalue weighted by Crippen LogP contribution is -2.53. The summed E-state index contributed by atoms with van der Waals surface area (Å²) in [5.41, 5.74) is -0.439. The highest BCUT2D eigenvalue weighted by Crippen LogP contribution is 2.33. The summed E-state index contributed by atoms with van der Waals surface area (Å²) in [5, 5.41) is 2.81. The Morgan fingerprint density at radius 2 is 1.67 bits per heavy atom. The highest BCUT2D eigenvalue weighted by molar-refractivity contribution is 6.09. The summed E-state index contributed by atoms with van der Waals surface area (Å²) in [4.78, 5) is 27.1. The Balaban J connectivity index is 1.61. The Bertz CT molecular complexity index is 599. The summed E-state index contributed by atoms with van der Waals surface area (Å²) >= 11 is 0. The van der Waals surface area contributed by atoms with Crippen LogP contribution in [0.5, 0.6) is 0 Å². The molecule has 0 atom stereocenters. The molecule has 1 spiro atoms. The van der Waals surface area contributed by atoms with E-state index in [4.69, 9.17) is 9.47 Å². The lowest BCUT2D eigenvalue weighted by molar-refractivity contribution is -0.189. The normalized spacial score (nSPS) is 20.2. The van der Waals surface area contributed by atoms with Gasteiger partial charge in [-0.05, 0) is 26.0 Å². The van der Waals surface area contributed by atoms with Crippen molar-refractivity contribution in [1.82, 2.24) is 4.90 Å². The first-order chi connectivity index (χ1) is 11.4. The molecule has 1 N–H and O–H groups in total. The number of amides is 2. The highest BCUT2D eigenvalue weighted by Gasteiger charge is 2.45. The molecule has 0 radical (unpaired) electrons. The molecule has 2 aliphatic heterocycles. The Morgan fingerprint density at radius 1 is 1.08 bits per heavy atom. The maximum absolute atomic E-state index is 12.8. The number of nitrogens with one attached hydrogen (secondary N) is 1. The number of para-hydroxylation sites is 1. The predicted octanol–water partition coefficient (Wildman–Crippen LogP) is 2.02. The Morgan fingerprint density at radius 3 is 2.25 bits per heavy atom. The van der Waals surface area contributed by atoms with Crippen molar-refractivity contribution >= 4 is 17.5 Å². The molecule has 1 aromatic rings. The minimum absolute atomic E-state index is 0.163. The van der Waals surface area contributed by atoms with E-state index in [1.165, 1.54) is 0 Å². The zero-order valence-corrected chi connectivity index (χ0v) is 14.2. The van der Waals surface area contributed by atoms with Crippen LogP contribution >= 0.6 is 0 Å². The maximum Gasteiger partial charge on any atom is 0.239 e. The zero-order chi connectivity index (χ0) is 17.2. The molecule has 24 heavy (non-hydrogen) atoms. The zero-order valence-electron chi connectivity index (χ0n) is 14.2. The molecule has 0 bridgehead atoms. The fourth-order valence-corrected chi connectivity index (χ4v) is 3.14. The van der Waals surface area contributed by atoms with E-state index in [9.17, 15) is 9.59 Å². The van der Waals surface area contributed by atoms with Gasteiger partial charge in [0.05, 0.1) is 13.2 Å². The van der Waals surface area contributed by atoms with Crippen LogP contribution in [0.3, 0.4) is 0 Å². The van der Waals surface area contributed by atoms with Gasteiger partial charge in [-0.3, -0.25) is 9.59 Å². The molecule has 2 saturated heterocycles. The van der Waals surface area contributed by atoms with Crippen LogP contribution in [0.4, 0.5) is 5.69 Å². The molecule has 0 aliphatic carbocycles. The van der Waals surface area contributed by atoms with Gasteiger partial charge in [0.1, 0.15) is 5.41 Å². The molecule has 130 valence electrons. The molecule has 2 heterocycles. The second-order valence-corrected chi connectivity index (χ2v) is 6.84. The van der Waals surface area contributed by atoms with Gasteiger partial charge in [0.25, 0.3) is 0 Å². The summed E-state index contributed by atoms with van der Waals surface area (Å²) in [5.74, 6) is -0.983. The summed E-state index contributed by atoms with van der Waals surface area (Å²) in [6, 6.07) is 9.17. The molecular formula is C18H24N2O4. The number of nitrogens with zero attached hydrogens (tertiary/aromatic N) is 1. The molecule has 0 unspecified atom stereocenters. The Hall–Kier alpha value is -1.92. The minimum atomic E-state index is -1.13. The van der Waals surface area contributed by atoms with Gasteiger partial charge in [-0.15, -0.1) is 0 Å². The topological polar surface area (TPSA) is 67.9 Å². The van der Waals surface area contributed by atoms with Gasteiger partial charge in [-0.2, -0.15) is 0 Å². The maximum atomic E-state index is 12.8. The number of carbonyl (C=O) groups excluding carboxylic acids is 2. The molecule has 2 aliphatic rings. The smallest absolute Gasteiger partial charge is 0.239 e. The molecule has 3 rings (SSSR count). The lowest BCUT2D eigenvalue weighted by Gasteiger charge is -2.40. The summed E-state index contributed by atoms with van der Waals surface area (Å²) in [6.07, 6.45) is 1.30. The number of benzene rings is 1. The van der Waals surface area contributed by atoms with E-state index in [0.29, 0.717) is 44.8 Å². The van der Waals surface area contributed by atoms with Crippen molar-refractivity contribution < 1.29 is 19.1 Å². The first-order valence-corrected chi connectivity index (χ1v) is 8.37. The minimum Gasteiger partial charge on any atom is -0.347 e. The van der Waals surface area contributed by atoms with Crippen LogP contribution in [0.1, 0.15) is 26.7 Å². The summed E-state index contributed by atoms with van der Waals surface area (Å²) in [6.45, 7) is 5.64. The van der Waals surface area contributed by atoms with E-state index < -0.39 is 11.2 Å². The first kappa shape index (κ1) is 16.9. The van der Waals surface area contributed by atoms with Crippen LogP contribution in [0, 0.1) is 5.41 Å². The largest absolute Gasteiger partial charge is 0.347 e. The van der Waals surface area contributed by atoms with Crippen molar-refractivity contribution in [2.24, 2.45) is 5.41 Å². The highest BCUT2D eigenvalue weighted by atomic mass is 16.7. The van der Waals surface area contributed by atoms with Gasteiger partial charge >= 0.3 is 0 Å². The number of carbonyl (C=O) groups is 2. The second-order valence-electron chi connectivity index (χ2n) is 6.84. The van der Waals surface area contributed by atoms with E-state index in [-0.39, 0.29) is 11.8 Å². The first-order valence-electron chi connectivity index (χ1n) is 8.37. The van der Waals surface area contributed by atoms with Gasteiger partial charge < -0.3 is 19.7 Å². The van der Waals surface area contributed by atoms with E-state index in [1.54, 1.807) is 30.9 Å². The summed E-state index contributed by atoms with van der Waals surface area (Å²) < 4.78 is 11.4. The molecule has 1 aromatic carbocycles. The van der Waals surface area contributed by atoms with Gasteiger partial charge in [-0.1, -0.05) is 18.2 Å². The molecule has 0 saturated carbocycles. The number of hydrogen-bond acceptors (Lipinski definition) is 4. The van der Waals surface area contributed by atoms with E-state index in [2.05, 4.69) is 5.32 Å². The van der Waals surface area contributed by atoms with Crippen molar-refractivity contribution in [3.63, 3.8) is 0 Å². The summed E-state index contributed by atoms with van der Waals surface area (Å²) in [7, 11) is 0. The molecular weight excluding hydrogens is 308 g/mol. The van der Waals surface area contributed by atoms with Crippen LogP contribution in [0.2, 0.25) is 0 Å². The number of rotatable bonds is 3. The second kappa shape index (κ2) is 6.53. The average Bonchev–Trinajstić information content (AvgIpc) is 3.04. The third kappa shape index (κ3) is 3.30. The number of likely N-dealkylation sites (tertiary alicyclic amines) is 1. The number of hydrogen-bond donors (Lipinski definition) is 1. The molecule has 2 amide bonds. The third-order valence-corrected chi connectivity index (χ3v) is 4.76. The third-order valence-electron chi connectivity index (χ3n) is 4.76.